The molecule has 0 bridgehead atoms. The van der Waals surface area contributed by atoms with Crippen LogP contribution in [0.4, 0.5) is 0 Å². The lowest BCUT2D eigenvalue weighted by atomic mass is 10.0. The Bertz CT molecular complexity index is 339. The minimum Gasteiger partial charge on any atom is -0.468 e. The van der Waals surface area contributed by atoms with Gasteiger partial charge in [-0.1, -0.05) is 6.42 Å². The zero-order chi connectivity index (χ0) is 10.7. The first kappa shape index (κ1) is 10.3. The lowest BCUT2D eigenvalue weighted by Gasteiger charge is -2.19. The van der Waals surface area contributed by atoms with Crippen molar-refractivity contribution in [2.45, 2.75) is 38.3 Å². The van der Waals surface area contributed by atoms with Gasteiger partial charge in [0.1, 0.15) is 5.76 Å². The van der Waals surface area contributed by atoms with Gasteiger partial charge in [-0.05, 0) is 31.9 Å². The fraction of sp³-hybridized carbons (Fsp3) is 0.583. The first-order chi connectivity index (χ1) is 7.31. The molecule has 1 aromatic heterocycles. The monoisotopic (exact) mass is 204 g/mol. The number of hydrogen-bond acceptors (Lipinski definition) is 3. The number of nitriles is 1. The normalized spacial score (nSPS) is 27.5. The van der Waals surface area contributed by atoms with E-state index in [4.69, 9.17) is 9.68 Å². The van der Waals surface area contributed by atoms with Crippen LogP contribution in [0.15, 0.2) is 22.8 Å². The fourth-order valence-electron chi connectivity index (χ4n) is 2.25. The van der Waals surface area contributed by atoms with Crippen molar-refractivity contribution in [2.75, 3.05) is 0 Å². The molecular weight excluding hydrogens is 188 g/mol. The molecule has 1 saturated carbocycles. The number of hydrogen-bond donors (Lipinski definition) is 1. The van der Waals surface area contributed by atoms with E-state index >= 15 is 0 Å². The molecule has 0 saturated heterocycles. The first-order valence-corrected chi connectivity index (χ1v) is 5.50. The highest BCUT2D eigenvalue weighted by Gasteiger charge is 2.28. The third kappa shape index (κ3) is 2.21. The van der Waals surface area contributed by atoms with Crippen molar-refractivity contribution in [1.82, 2.24) is 5.32 Å². The van der Waals surface area contributed by atoms with Crippen molar-refractivity contribution >= 4 is 0 Å². The predicted octanol–water partition coefficient (Wildman–Crippen LogP) is 2.62. The standard InChI is InChI=1S/C12H16N2O/c1-9(12-6-3-7-15-12)14-11-5-2-4-10(11)8-13/h3,6-7,9-11,14H,2,4-5H2,1H3/t9-,10?,11?/m0/s1. The third-order valence-corrected chi connectivity index (χ3v) is 3.12. The molecule has 1 fully saturated rings. The van der Waals surface area contributed by atoms with Gasteiger partial charge in [0.05, 0.1) is 24.3 Å². The van der Waals surface area contributed by atoms with Crippen LogP contribution in [0.2, 0.25) is 0 Å². The van der Waals surface area contributed by atoms with Crippen LogP contribution in [0.25, 0.3) is 0 Å². The molecule has 3 atom stereocenters. The molecule has 15 heavy (non-hydrogen) atoms. The van der Waals surface area contributed by atoms with Gasteiger partial charge in [-0.15, -0.1) is 0 Å². The number of nitrogens with one attached hydrogen (secondary N) is 1. The van der Waals surface area contributed by atoms with Gasteiger partial charge in [0.15, 0.2) is 0 Å². The summed E-state index contributed by atoms with van der Waals surface area (Å²) in [7, 11) is 0. The van der Waals surface area contributed by atoms with E-state index in [-0.39, 0.29) is 12.0 Å². The Labute approximate surface area is 90.1 Å². The topological polar surface area (TPSA) is 49.0 Å². The largest absolute Gasteiger partial charge is 0.468 e. The number of rotatable bonds is 3. The summed E-state index contributed by atoms with van der Waals surface area (Å²) in [6, 6.07) is 6.75. The smallest absolute Gasteiger partial charge is 0.120 e. The van der Waals surface area contributed by atoms with E-state index in [0.717, 1.165) is 25.0 Å². The van der Waals surface area contributed by atoms with Crippen LogP contribution in [0.1, 0.15) is 38.0 Å². The van der Waals surface area contributed by atoms with Gasteiger partial charge in [0.2, 0.25) is 0 Å². The van der Waals surface area contributed by atoms with Crippen molar-refractivity contribution in [3.8, 4) is 6.07 Å². The highest BCUT2D eigenvalue weighted by Crippen LogP contribution is 2.27. The van der Waals surface area contributed by atoms with E-state index in [2.05, 4.69) is 18.3 Å². The average Bonchev–Trinajstić information content (AvgIpc) is 2.87. The second-order valence-corrected chi connectivity index (χ2v) is 4.18. The summed E-state index contributed by atoms with van der Waals surface area (Å²) in [4.78, 5) is 0. The van der Waals surface area contributed by atoms with Crippen LogP contribution in [-0.4, -0.2) is 6.04 Å². The Kier molecular flexibility index (Phi) is 3.08. The predicted molar refractivity (Wildman–Crippen MR) is 57.0 cm³/mol. The zero-order valence-electron chi connectivity index (χ0n) is 8.94. The van der Waals surface area contributed by atoms with E-state index in [9.17, 15) is 0 Å². The van der Waals surface area contributed by atoms with Crippen molar-refractivity contribution in [3.63, 3.8) is 0 Å². The van der Waals surface area contributed by atoms with E-state index < -0.39 is 0 Å². The molecule has 80 valence electrons. The molecule has 2 unspecified atom stereocenters. The van der Waals surface area contributed by atoms with Crippen LogP contribution < -0.4 is 5.32 Å². The van der Waals surface area contributed by atoms with Gasteiger partial charge in [0.25, 0.3) is 0 Å². The quantitative estimate of drug-likeness (QED) is 0.823. The molecule has 1 heterocycles. The number of furan rings is 1. The van der Waals surface area contributed by atoms with Crippen molar-refractivity contribution in [2.24, 2.45) is 5.92 Å². The van der Waals surface area contributed by atoms with Crippen LogP contribution >= 0.6 is 0 Å². The minimum atomic E-state index is 0.169. The van der Waals surface area contributed by atoms with E-state index in [1.54, 1.807) is 6.26 Å². The summed E-state index contributed by atoms with van der Waals surface area (Å²) in [6.07, 6.45) is 4.97. The van der Waals surface area contributed by atoms with Crippen LogP contribution in [-0.2, 0) is 0 Å². The Balaban J connectivity index is 1.94. The number of nitrogens with zero attached hydrogens (tertiary/aromatic N) is 1. The van der Waals surface area contributed by atoms with Crippen LogP contribution in [0.3, 0.4) is 0 Å². The van der Waals surface area contributed by atoms with Crippen LogP contribution in [0.5, 0.6) is 0 Å². The van der Waals surface area contributed by atoms with E-state index in [1.807, 2.05) is 12.1 Å². The second-order valence-electron chi connectivity index (χ2n) is 4.18. The van der Waals surface area contributed by atoms with Crippen LogP contribution in [0, 0.1) is 17.2 Å². The molecule has 2 rings (SSSR count). The highest BCUT2D eigenvalue weighted by molar-refractivity contribution is 5.05. The van der Waals surface area contributed by atoms with E-state index in [1.165, 1.54) is 0 Å². The summed E-state index contributed by atoms with van der Waals surface area (Å²) in [6.45, 7) is 2.07. The molecule has 0 aromatic carbocycles. The summed E-state index contributed by atoms with van der Waals surface area (Å²) >= 11 is 0. The molecule has 0 aliphatic heterocycles. The van der Waals surface area contributed by atoms with Crippen molar-refractivity contribution < 1.29 is 4.42 Å². The summed E-state index contributed by atoms with van der Waals surface area (Å²) in [5.41, 5.74) is 0. The molecule has 3 heteroatoms. The molecule has 0 radical (unpaired) electrons. The summed E-state index contributed by atoms with van der Waals surface area (Å²) in [5.74, 6) is 1.11. The maximum atomic E-state index is 8.97. The van der Waals surface area contributed by atoms with Gasteiger partial charge >= 0.3 is 0 Å². The van der Waals surface area contributed by atoms with E-state index in [0.29, 0.717) is 6.04 Å². The molecule has 1 N–H and O–H groups in total. The highest BCUT2D eigenvalue weighted by atomic mass is 16.3. The minimum absolute atomic E-state index is 0.169. The molecule has 1 aromatic rings. The lowest BCUT2D eigenvalue weighted by Crippen LogP contribution is -2.33. The molecule has 1 aliphatic carbocycles. The van der Waals surface area contributed by atoms with Gasteiger partial charge in [0, 0.05) is 6.04 Å². The molecule has 3 nitrogen and oxygen atoms in total. The molecule has 1 aliphatic rings. The second kappa shape index (κ2) is 4.50. The van der Waals surface area contributed by atoms with Gasteiger partial charge in [-0.3, -0.25) is 0 Å². The third-order valence-electron chi connectivity index (χ3n) is 3.12. The average molecular weight is 204 g/mol. The Morgan fingerprint density at radius 3 is 3.13 bits per heavy atom. The molecule has 0 spiro atoms. The zero-order valence-corrected chi connectivity index (χ0v) is 8.94. The maximum Gasteiger partial charge on any atom is 0.120 e. The van der Waals surface area contributed by atoms with Gasteiger partial charge < -0.3 is 9.73 Å². The van der Waals surface area contributed by atoms with Gasteiger partial charge in [-0.25, -0.2) is 0 Å². The Hall–Kier alpha value is -1.27. The SMILES string of the molecule is C[C@H](NC1CCCC1C#N)c1ccco1. The molecular formula is C12H16N2O. The summed E-state index contributed by atoms with van der Waals surface area (Å²) < 4.78 is 5.33. The maximum absolute atomic E-state index is 8.97. The van der Waals surface area contributed by atoms with Gasteiger partial charge in [-0.2, -0.15) is 5.26 Å². The summed E-state index contributed by atoms with van der Waals surface area (Å²) in [5, 5.41) is 12.4. The lowest BCUT2D eigenvalue weighted by molar-refractivity contribution is 0.368. The Morgan fingerprint density at radius 2 is 2.47 bits per heavy atom. The van der Waals surface area contributed by atoms with Crippen molar-refractivity contribution in [3.05, 3.63) is 24.2 Å². The first-order valence-electron chi connectivity index (χ1n) is 5.50. The fourth-order valence-corrected chi connectivity index (χ4v) is 2.25. The molecule has 0 amide bonds. The van der Waals surface area contributed by atoms with Crippen molar-refractivity contribution in [1.29, 1.82) is 5.26 Å². The Morgan fingerprint density at radius 1 is 1.60 bits per heavy atom.